The molecular formula is C12H16N4O5. The van der Waals surface area contributed by atoms with Crippen LogP contribution in [0.4, 0.5) is 0 Å². The van der Waals surface area contributed by atoms with Crippen LogP contribution in [0.5, 0.6) is 0 Å². The molecule has 1 aromatic heterocycles. The lowest BCUT2D eigenvalue weighted by Crippen LogP contribution is -2.56. The Labute approximate surface area is 120 Å². The van der Waals surface area contributed by atoms with E-state index in [0.717, 1.165) is 6.33 Å². The summed E-state index contributed by atoms with van der Waals surface area (Å²) < 4.78 is 5.23. The number of likely N-dealkylation sites (N-methyl/N-ethyl adjacent to an activating group) is 1. The molecule has 9 heteroatoms. The van der Waals surface area contributed by atoms with Crippen LogP contribution in [0.25, 0.3) is 0 Å². The Morgan fingerprint density at radius 3 is 3.00 bits per heavy atom. The molecule has 1 aromatic rings. The number of ether oxygens (including phenoxy) is 1. The monoisotopic (exact) mass is 296 g/mol. The lowest BCUT2D eigenvalue weighted by molar-refractivity contribution is -0.130. The van der Waals surface area contributed by atoms with Crippen molar-refractivity contribution in [3.05, 3.63) is 17.7 Å². The van der Waals surface area contributed by atoms with Crippen molar-refractivity contribution in [1.29, 1.82) is 0 Å². The van der Waals surface area contributed by atoms with Gasteiger partial charge < -0.3 is 25.0 Å². The third-order valence-electron chi connectivity index (χ3n) is 3.10. The summed E-state index contributed by atoms with van der Waals surface area (Å²) in [6.07, 6.45) is 1.14. The molecular weight excluding hydrogens is 280 g/mol. The highest BCUT2D eigenvalue weighted by molar-refractivity contribution is 6.03. The summed E-state index contributed by atoms with van der Waals surface area (Å²) in [5.74, 6) is -2.22. The van der Waals surface area contributed by atoms with E-state index in [9.17, 15) is 14.4 Å². The summed E-state index contributed by atoms with van der Waals surface area (Å²) in [5.41, 5.74) is -0.500. The Bertz CT molecular complexity index is 556. The summed E-state index contributed by atoms with van der Waals surface area (Å²) in [6, 6.07) is -0.787. The molecule has 1 saturated heterocycles. The first-order valence-electron chi connectivity index (χ1n) is 6.49. The van der Waals surface area contributed by atoms with Crippen molar-refractivity contribution in [2.24, 2.45) is 0 Å². The van der Waals surface area contributed by atoms with Crippen LogP contribution in [-0.4, -0.2) is 70.1 Å². The van der Waals surface area contributed by atoms with E-state index in [-0.39, 0.29) is 37.1 Å². The minimum atomic E-state index is -1.28. The number of carboxylic acids is 1. The molecule has 0 radical (unpaired) electrons. The number of hydrogen-bond donors (Lipinski definition) is 3. The molecule has 1 atom stereocenters. The number of aromatic nitrogens is 2. The second-order valence-corrected chi connectivity index (χ2v) is 4.42. The molecule has 2 rings (SSSR count). The number of carbonyl (C=O) groups excluding carboxylic acids is 2. The van der Waals surface area contributed by atoms with Gasteiger partial charge in [0.05, 0.1) is 19.5 Å². The number of imidazole rings is 1. The van der Waals surface area contributed by atoms with Gasteiger partial charge in [-0.1, -0.05) is 0 Å². The van der Waals surface area contributed by atoms with Gasteiger partial charge in [-0.15, -0.1) is 0 Å². The van der Waals surface area contributed by atoms with E-state index < -0.39 is 17.9 Å². The van der Waals surface area contributed by atoms with E-state index in [4.69, 9.17) is 9.84 Å². The van der Waals surface area contributed by atoms with Crippen LogP contribution in [0.2, 0.25) is 0 Å². The maximum atomic E-state index is 12.4. The second kappa shape index (κ2) is 6.35. The van der Waals surface area contributed by atoms with Crippen molar-refractivity contribution < 1.29 is 24.2 Å². The molecule has 2 heterocycles. The number of H-pyrrole nitrogens is 1. The van der Waals surface area contributed by atoms with Gasteiger partial charge in [0.15, 0.2) is 11.4 Å². The molecule has 9 nitrogen and oxygen atoms in total. The second-order valence-electron chi connectivity index (χ2n) is 4.42. The summed E-state index contributed by atoms with van der Waals surface area (Å²) >= 11 is 0. The molecule has 1 aliphatic heterocycles. The highest BCUT2D eigenvalue weighted by atomic mass is 16.5. The molecule has 0 bridgehead atoms. The van der Waals surface area contributed by atoms with Gasteiger partial charge in [-0.25, -0.2) is 9.78 Å². The summed E-state index contributed by atoms with van der Waals surface area (Å²) in [6.45, 7) is 2.76. The van der Waals surface area contributed by atoms with E-state index in [2.05, 4.69) is 15.3 Å². The summed E-state index contributed by atoms with van der Waals surface area (Å²) in [5, 5.41) is 11.6. The zero-order valence-electron chi connectivity index (χ0n) is 11.5. The highest BCUT2D eigenvalue weighted by Gasteiger charge is 2.35. The minimum Gasteiger partial charge on any atom is -0.477 e. The van der Waals surface area contributed by atoms with Gasteiger partial charge in [-0.2, -0.15) is 0 Å². The Balaban J connectivity index is 2.24. The number of aromatic carboxylic acids is 1. The highest BCUT2D eigenvalue weighted by Crippen LogP contribution is 2.14. The molecule has 2 amide bonds. The van der Waals surface area contributed by atoms with E-state index in [1.807, 2.05) is 0 Å². The van der Waals surface area contributed by atoms with Crippen LogP contribution in [0.3, 0.4) is 0 Å². The minimum absolute atomic E-state index is 0.0738. The van der Waals surface area contributed by atoms with Crippen molar-refractivity contribution in [3.63, 3.8) is 0 Å². The molecule has 1 aliphatic rings. The molecule has 1 unspecified atom stereocenters. The van der Waals surface area contributed by atoms with E-state index in [0.29, 0.717) is 6.54 Å². The van der Waals surface area contributed by atoms with Crippen molar-refractivity contribution in [2.75, 3.05) is 26.3 Å². The van der Waals surface area contributed by atoms with Gasteiger partial charge in [-0.05, 0) is 6.92 Å². The standard InChI is InChI=1S/C12H16N4O5/c1-2-13-10(17)7-5-21-4-3-16(7)11(18)8-9(12(19)20)15-6-14-8/h6-7H,2-5H2,1H3,(H,13,17)(H,14,15)(H,19,20). The molecule has 0 saturated carbocycles. The van der Waals surface area contributed by atoms with Crippen LogP contribution in [0.1, 0.15) is 27.9 Å². The van der Waals surface area contributed by atoms with Crippen LogP contribution in [0, 0.1) is 0 Å². The van der Waals surface area contributed by atoms with Crippen molar-refractivity contribution in [2.45, 2.75) is 13.0 Å². The van der Waals surface area contributed by atoms with E-state index in [1.165, 1.54) is 4.90 Å². The predicted molar refractivity (Wildman–Crippen MR) is 69.9 cm³/mol. The Morgan fingerprint density at radius 1 is 1.57 bits per heavy atom. The number of rotatable bonds is 4. The smallest absolute Gasteiger partial charge is 0.354 e. The fourth-order valence-electron chi connectivity index (χ4n) is 2.11. The number of nitrogens with zero attached hydrogens (tertiary/aromatic N) is 2. The van der Waals surface area contributed by atoms with Gasteiger partial charge in [0.1, 0.15) is 6.04 Å². The van der Waals surface area contributed by atoms with Crippen molar-refractivity contribution in [3.8, 4) is 0 Å². The van der Waals surface area contributed by atoms with Gasteiger partial charge in [0, 0.05) is 13.1 Å². The molecule has 0 spiro atoms. The summed E-state index contributed by atoms with van der Waals surface area (Å²) in [4.78, 5) is 42.9. The van der Waals surface area contributed by atoms with Crippen molar-refractivity contribution in [1.82, 2.24) is 20.2 Å². The molecule has 3 N–H and O–H groups in total. The Hall–Kier alpha value is -2.42. The number of carboxylic acid groups (broad SMARTS) is 1. The fraction of sp³-hybridized carbons (Fsp3) is 0.500. The Kier molecular flexibility index (Phi) is 4.53. The molecule has 1 fully saturated rings. The molecule has 21 heavy (non-hydrogen) atoms. The maximum Gasteiger partial charge on any atom is 0.354 e. The first kappa shape index (κ1) is 15.0. The van der Waals surface area contributed by atoms with Gasteiger partial charge in [-0.3, -0.25) is 9.59 Å². The van der Waals surface area contributed by atoms with Crippen LogP contribution >= 0.6 is 0 Å². The third-order valence-corrected chi connectivity index (χ3v) is 3.10. The summed E-state index contributed by atoms with van der Waals surface area (Å²) in [7, 11) is 0. The zero-order valence-corrected chi connectivity index (χ0v) is 11.5. The normalized spacial score (nSPS) is 18.3. The van der Waals surface area contributed by atoms with Crippen LogP contribution in [0.15, 0.2) is 6.33 Å². The fourth-order valence-corrected chi connectivity index (χ4v) is 2.11. The number of morpholine rings is 1. The van der Waals surface area contributed by atoms with Crippen LogP contribution < -0.4 is 5.32 Å². The molecule has 114 valence electrons. The lowest BCUT2D eigenvalue weighted by Gasteiger charge is -2.34. The average molecular weight is 296 g/mol. The molecule has 0 aromatic carbocycles. The topological polar surface area (TPSA) is 125 Å². The van der Waals surface area contributed by atoms with E-state index in [1.54, 1.807) is 6.92 Å². The van der Waals surface area contributed by atoms with E-state index >= 15 is 0 Å². The SMILES string of the molecule is CCNC(=O)C1COCCN1C(=O)c1nc[nH]c1C(=O)O. The quantitative estimate of drug-likeness (QED) is 0.660. The predicted octanol–water partition coefficient (Wildman–Crippen LogP) is -0.915. The number of aromatic amines is 1. The number of hydrogen-bond acceptors (Lipinski definition) is 5. The third kappa shape index (κ3) is 3.02. The largest absolute Gasteiger partial charge is 0.477 e. The number of carbonyl (C=O) groups is 3. The number of nitrogens with one attached hydrogen (secondary N) is 2. The Morgan fingerprint density at radius 2 is 2.33 bits per heavy atom. The average Bonchev–Trinajstić information content (AvgIpc) is 2.96. The van der Waals surface area contributed by atoms with Crippen molar-refractivity contribution >= 4 is 17.8 Å². The van der Waals surface area contributed by atoms with Crippen LogP contribution in [-0.2, 0) is 9.53 Å². The van der Waals surface area contributed by atoms with Gasteiger partial charge in [0.25, 0.3) is 5.91 Å². The molecule has 0 aliphatic carbocycles. The number of amides is 2. The maximum absolute atomic E-state index is 12.4. The van der Waals surface area contributed by atoms with Gasteiger partial charge >= 0.3 is 5.97 Å². The first-order valence-corrected chi connectivity index (χ1v) is 6.49. The lowest BCUT2D eigenvalue weighted by atomic mass is 10.1. The first-order chi connectivity index (χ1) is 10.1. The van der Waals surface area contributed by atoms with Gasteiger partial charge in [0.2, 0.25) is 5.91 Å². The zero-order chi connectivity index (χ0) is 15.4.